The molecule has 0 fully saturated rings. The molecule has 0 saturated heterocycles. The van der Waals surface area contributed by atoms with Gasteiger partial charge in [0, 0.05) is 30.8 Å². The molecule has 412 valence electrons. The van der Waals surface area contributed by atoms with Crippen molar-refractivity contribution in [2.75, 3.05) is 18.1 Å². The molecule has 0 aliphatic carbocycles. The van der Waals surface area contributed by atoms with Crippen LogP contribution in [0.1, 0.15) is 265 Å². The number of carbonyl (C=O) groups is 5. The molecule has 1 unspecified atom stereocenters. The molecule has 14 nitrogen and oxygen atoms in total. The molecular formula is C55H106N4O10S. The Bertz CT molecular complexity index is 1280. The number of unbranched alkanes of at least 4 members (excludes halogenated alkanes) is 28. The van der Waals surface area contributed by atoms with Crippen LogP contribution < -0.4 is 21.7 Å². The summed E-state index contributed by atoms with van der Waals surface area (Å²) in [5, 5.41) is 38.1. The number of carbonyl (C=O) groups excluding carboxylic acids is 5. The minimum absolute atomic E-state index is 0.0531. The summed E-state index contributed by atoms with van der Waals surface area (Å²) in [5.74, 6) is -2.01. The topological polar surface area (TPSA) is 227 Å². The maximum Gasteiger partial charge on any atom is 0.306 e. The highest BCUT2D eigenvalue weighted by Crippen LogP contribution is 2.17. The van der Waals surface area contributed by atoms with E-state index in [1.165, 1.54) is 134 Å². The Hall–Kier alpha value is -2.46. The highest BCUT2D eigenvalue weighted by atomic mass is 32.2. The van der Waals surface area contributed by atoms with Crippen molar-refractivity contribution in [3.63, 3.8) is 0 Å². The number of aliphatic hydroxyl groups is 3. The molecule has 5 atom stereocenters. The zero-order valence-electron chi connectivity index (χ0n) is 44.9. The lowest BCUT2D eigenvalue weighted by molar-refractivity contribution is -0.157. The zero-order valence-corrected chi connectivity index (χ0v) is 45.7. The summed E-state index contributed by atoms with van der Waals surface area (Å²) in [6, 6.07) is -3.00. The molecule has 0 aromatic carbocycles. The highest BCUT2D eigenvalue weighted by molar-refractivity contribution is 7.99. The number of nitrogens with one attached hydrogen (secondary N) is 3. The Labute approximate surface area is 430 Å². The second-order valence-corrected chi connectivity index (χ2v) is 20.8. The third-order valence-corrected chi connectivity index (χ3v) is 14.2. The second kappa shape index (κ2) is 48.8. The third-order valence-electron chi connectivity index (χ3n) is 13.0. The molecule has 0 aromatic heterocycles. The largest absolute Gasteiger partial charge is 0.462 e. The molecule has 0 aliphatic rings. The molecule has 3 amide bonds. The van der Waals surface area contributed by atoms with Gasteiger partial charge in [-0.25, -0.2) is 0 Å². The molecule has 0 rings (SSSR count). The van der Waals surface area contributed by atoms with Gasteiger partial charge in [-0.1, -0.05) is 207 Å². The van der Waals surface area contributed by atoms with Crippen LogP contribution in [-0.4, -0.2) is 99.8 Å². The van der Waals surface area contributed by atoms with Gasteiger partial charge in [0.15, 0.2) is 6.29 Å². The van der Waals surface area contributed by atoms with E-state index in [0.29, 0.717) is 19.3 Å². The van der Waals surface area contributed by atoms with Crippen LogP contribution in [-0.2, 0) is 33.4 Å². The van der Waals surface area contributed by atoms with E-state index in [1.54, 1.807) is 6.92 Å². The van der Waals surface area contributed by atoms with Crippen LogP contribution >= 0.6 is 11.8 Å². The third kappa shape index (κ3) is 42.1. The number of hydrogen-bond acceptors (Lipinski definition) is 12. The van der Waals surface area contributed by atoms with Crippen molar-refractivity contribution < 1.29 is 48.8 Å². The van der Waals surface area contributed by atoms with E-state index in [1.807, 2.05) is 0 Å². The Kier molecular flexibility index (Phi) is 47.1. The van der Waals surface area contributed by atoms with Crippen molar-refractivity contribution in [3.8, 4) is 0 Å². The average molecular weight is 1020 g/mol. The van der Waals surface area contributed by atoms with Gasteiger partial charge in [-0.2, -0.15) is 11.8 Å². The van der Waals surface area contributed by atoms with Gasteiger partial charge in [-0.15, -0.1) is 0 Å². The fourth-order valence-electron chi connectivity index (χ4n) is 8.48. The number of hydrogen-bond donors (Lipinski definition) is 7. The summed E-state index contributed by atoms with van der Waals surface area (Å²) in [5.41, 5.74) is 5.51. The smallest absolute Gasteiger partial charge is 0.306 e. The monoisotopic (exact) mass is 1010 g/mol. The van der Waals surface area contributed by atoms with Gasteiger partial charge in [0.1, 0.15) is 25.0 Å². The van der Waals surface area contributed by atoms with Gasteiger partial charge in [0.2, 0.25) is 17.7 Å². The Morgan fingerprint density at radius 3 is 1.33 bits per heavy atom. The van der Waals surface area contributed by atoms with Crippen LogP contribution in [0.15, 0.2) is 0 Å². The SMILES string of the molecule is CCCCCCCCCCCCCCCC(=O)N[C@@H](CSC[C@@H](COC(=O)CCCCCCCCCCC)OC(=O)CCCCCCCCCCC)C(=O)N[C@@H](CC)C(O)N[C@H](CCC(O)O)C(N)=O. The predicted octanol–water partition coefficient (Wildman–Crippen LogP) is 10.7. The number of amides is 3. The quantitative estimate of drug-likeness (QED) is 0.0172. The molecule has 0 aliphatic heterocycles. The molecule has 8 N–H and O–H groups in total. The first-order valence-corrected chi connectivity index (χ1v) is 29.7. The van der Waals surface area contributed by atoms with Gasteiger partial charge in [-0.3, -0.25) is 29.3 Å². The van der Waals surface area contributed by atoms with E-state index in [4.69, 9.17) is 15.2 Å². The van der Waals surface area contributed by atoms with E-state index in [0.717, 1.165) is 64.2 Å². The number of nitrogens with two attached hydrogens (primary N) is 1. The molecule has 15 heteroatoms. The molecule has 0 aromatic rings. The number of rotatable bonds is 52. The fourth-order valence-corrected chi connectivity index (χ4v) is 9.52. The fraction of sp³-hybridized carbons (Fsp3) is 0.909. The molecule has 70 heavy (non-hydrogen) atoms. The van der Waals surface area contributed by atoms with Gasteiger partial charge in [-0.05, 0) is 38.5 Å². The van der Waals surface area contributed by atoms with E-state index < -0.39 is 48.6 Å². The van der Waals surface area contributed by atoms with Gasteiger partial charge < -0.3 is 41.2 Å². The second-order valence-electron chi connectivity index (χ2n) is 19.7. The first kappa shape index (κ1) is 67.5. The summed E-state index contributed by atoms with van der Waals surface area (Å²) in [6.07, 6.45) is 32.6. The molecule has 0 radical (unpaired) electrons. The van der Waals surface area contributed by atoms with Crippen molar-refractivity contribution >= 4 is 41.4 Å². The number of primary amides is 1. The van der Waals surface area contributed by atoms with Crippen molar-refractivity contribution in [1.29, 1.82) is 0 Å². The lowest BCUT2D eigenvalue weighted by atomic mass is 10.0. The number of aliphatic hydroxyl groups excluding tert-OH is 2. The Morgan fingerprint density at radius 2 is 0.914 bits per heavy atom. The van der Waals surface area contributed by atoms with Crippen LogP contribution in [0.4, 0.5) is 0 Å². The van der Waals surface area contributed by atoms with Crippen LogP contribution in [0.25, 0.3) is 0 Å². The van der Waals surface area contributed by atoms with Gasteiger partial charge in [0.05, 0.1) is 12.1 Å². The lowest BCUT2D eigenvalue weighted by Gasteiger charge is -2.29. The van der Waals surface area contributed by atoms with Crippen molar-refractivity contribution in [2.24, 2.45) is 5.73 Å². The van der Waals surface area contributed by atoms with Crippen molar-refractivity contribution in [2.45, 2.75) is 302 Å². The van der Waals surface area contributed by atoms with Gasteiger partial charge in [0.25, 0.3) is 0 Å². The predicted molar refractivity (Wildman–Crippen MR) is 286 cm³/mol. The standard InChI is InChI=1S/C55H106N4O10S/c1-5-9-12-15-18-21-22-23-24-27-28-31-34-37-49(60)57-48(55(67)58-46(8-4)54(66)59-47(53(56)65)40-41-50(61)62)44-70-43-45(69-52(64)39-36-33-30-26-20-17-14-11-7-3)42-68-51(63)38-35-32-29-25-19-16-13-10-6-2/h45-48,50,54,59,61-62,66H,5-44H2,1-4H3,(H2,56,65)(H,57,60)(H,58,67)/t45-,46+,47-,48+,54?/m1/s1. The van der Waals surface area contributed by atoms with Gasteiger partial charge >= 0.3 is 11.9 Å². The average Bonchev–Trinajstić information content (AvgIpc) is 3.33. The maximum absolute atomic E-state index is 13.9. The molecule has 0 saturated carbocycles. The summed E-state index contributed by atoms with van der Waals surface area (Å²) < 4.78 is 11.5. The van der Waals surface area contributed by atoms with E-state index in [-0.39, 0.29) is 68.1 Å². The van der Waals surface area contributed by atoms with E-state index >= 15 is 0 Å². The number of esters is 2. The van der Waals surface area contributed by atoms with Crippen LogP contribution in [0.2, 0.25) is 0 Å². The van der Waals surface area contributed by atoms with Crippen molar-refractivity contribution in [1.82, 2.24) is 16.0 Å². The first-order valence-electron chi connectivity index (χ1n) is 28.5. The molecule has 0 spiro atoms. The Balaban J connectivity index is 5.65. The maximum atomic E-state index is 13.9. The van der Waals surface area contributed by atoms with Crippen LogP contribution in [0.3, 0.4) is 0 Å². The minimum atomic E-state index is -1.66. The summed E-state index contributed by atoms with van der Waals surface area (Å²) >= 11 is 1.29. The number of thioether (sulfide) groups is 1. The highest BCUT2D eigenvalue weighted by Gasteiger charge is 2.29. The Morgan fingerprint density at radius 1 is 0.500 bits per heavy atom. The molecule has 0 bridgehead atoms. The summed E-state index contributed by atoms with van der Waals surface area (Å²) in [6.45, 7) is 8.29. The molecular weight excluding hydrogens is 909 g/mol. The summed E-state index contributed by atoms with van der Waals surface area (Å²) in [7, 11) is 0. The minimum Gasteiger partial charge on any atom is -0.462 e. The summed E-state index contributed by atoms with van der Waals surface area (Å²) in [4.78, 5) is 65.3. The van der Waals surface area contributed by atoms with E-state index in [9.17, 15) is 39.3 Å². The number of ether oxygens (including phenoxy) is 2. The molecule has 0 heterocycles. The van der Waals surface area contributed by atoms with E-state index in [2.05, 4.69) is 36.7 Å². The van der Waals surface area contributed by atoms with Crippen LogP contribution in [0, 0.1) is 0 Å². The normalized spacial score (nSPS) is 13.7. The van der Waals surface area contributed by atoms with Crippen molar-refractivity contribution in [3.05, 3.63) is 0 Å². The first-order chi connectivity index (χ1) is 33.9. The lowest BCUT2D eigenvalue weighted by Crippen LogP contribution is -2.58. The zero-order chi connectivity index (χ0) is 51.9. The van der Waals surface area contributed by atoms with Crippen LogP contribution in [0.5, 0.6) is 0 Å².